The zero-order valence-electron chi connectivity index (χ0n) is 14.5. The third kappa shape index (κ3) is 4.79. The van der Waals surface area contributed by atoms with Crippen molar-refractivity contribution in [3.8, 4) is 0 Å². The summed E-state index contributed by atoms with van der Waals surface area (Å²) in [6.07, 6.45) is 1.47. The highest BCUT2D eigenvalue weighted by Crippen LogP contribution is 2.18. The molecule has 1 saturated heterocycles. The van der Waals surface area contributed by atoms with Crippen LogP contribution in [0.1, 0.15) is 40.5 Å². The van der Waals surface area contributed by atoms with Crippen LogP contribution in [0.2, 0.25) is 0 Å². The largest absolute Gasteiger partial charge is 0.480 e. The fourth-order valence-electron chi connectivity index (χ4n) is 2.79. The molecule has 0 bridgehead atoms. The van der Waals surface area contributed by atoms with Gasteiger partial charge in [-0.1, -0.05) is 6.07 Å². The minimum absolute atomic E-state index is 0.187. The van der Waals surface area contributed by atoms with Crippen molar-refractivity contribution in [3.63, 3.8) is 0 Å². The molecule has 7 heteroatoms. The summed E-state index contributed by atoms with van der Waals surface area (Å²) < 4.78 is 5.32. The third-order valence-electron chi connectivity index (χ3n) is 4.41. The number of hydrogen-bond acceptors (Lipinski definition) is 4. The van der Waals surface area contributed by atoms with Crippen molar-refractivity contribution in [1.82, 2.24) is 10.2 Å². The number of rotatable bonds is 6. The predicted molar refractivity (Wildman–Crippen MR) is 91.5 cm³/mol. The first-order valence-electron chi connectivity index (χ1n) is 8.41. The van der Waals surface area contributed by atoms with E-state index in [0.29, 0.717) is 31.7 Å². The van der Waals surface area contributed by atoms with Crippen LogP contribution in [0.3, 0.4) is 0 Å². The average molecular weight is 348 g/mol. The van der Waals surface area contributed by atoms with Gasteiger partial charge in [-0.15, -0.1) is 0 Å². The van der Waals surface area contributed by atoms with Crippen molar-refractivity contribution < 1.29 is 24.2 Å². The molecule has 1 heterocycles. The topological polar surface area (TPSA) is 95.9 Å². The maximum absolute atomic E-state index is 12.5. The van der Waals surface area contributed by atoms with E-state index in [1.54, 1.807) is 25.2 Å². The molecule has 136 valence electrons. The summed E-state index contributed by atoms with van der Waals surface area (Å²) in [5.74, 6) is -2.03. The van der Waals surface area contributed by atoms with E-state index >= 15 is 0 Å². The molecule has 0 radical (unpaired) electrons. The van der Waals surface area contributed by atoms with E-state index in [1.807, 2.05) is 6.92 Å². The number of carbonyl (C=O) groups excluding carboxylic acids is 2. The molecule has 0 aromatic heterocycles. The average Bonchev–Trinajstić information content (AvgIpc) is 2.65. The molecule has 2 atom stereocenters. The standard InChI is InChI=1S/C18H24N2O5/c1-3-20(2)17(22)13-7-4-6-12(10-13)16(21)19-15(18(23)24)14-8-5-9-25-11-14/h4,6-7,10,14-15H,3,5,8-9,11H2,1-2H3,(H,19,21)(H,23,24). The highest BCUT2D eigenvalue weighted by Gasteiger charge is 2.31. The molecule has 25 heavy (non-hydrogen) atoms. The van der Waals surface area contributed by atoms with Gasteiger partial charge in [-0.25, -0.2) is 4.79 Å². The maximum Gasteiger partial charge on any atom is 0.326 e. The number of carboxylic acids is 1. The fraction of sp³-hybridized carbons (Fsp3) is 0.500. The lowest BCUT2D eigenvalue weighted by Gasteiger charge is -2.28. The summed E-state index contributed by atoms with van der Waals surface area (Å²) >= 11 is 0. The third-order valence-corrected chi connectivity index (χ3v) is 4.41. The van der Waals surface area contributed by atoms with E-state index in [-0.39, 0.29) is 17.4 Å². The van der Waals surface area contributed by atoms with Crippen LogP contribution in [-0.2, 0) is 9.53 Å². The normalized spacial score (nSPS) is 18.2. The molecule has 2 amide bonds. The van der Waals surface area contributed by atoms with Gasteiger partial charge < -0.3 is 20.1 Å². The zero-order valence-corrected chi connectivity index (χ0v) is 14.5. The number of hydrogen-bond donors (Lipinski definition) is 2. The van der Waals surface area contributed by atoms with E-state index in [0.717, 1.165) is 6.42 Å². The second kappa shape index (κ2) is 8.62. The second-order valence-corrected chi connectivity index (χ2v) is 6.17. The SMILES string of the molecule is CCN(C)C(=O)c1cccc(C(=O)NC(C(=O)O)C2CCCOC2)c1. The lowest BCUT2D eigenvalue weighted by atomic mass is 9.93. The number of benzene rings is 1. The van der Waals surface area contributed by atoms with E-state index in [9.17, 15) is 19.5 Å². The smallest absolute Gasteiger partial charge is 0.326 e. The van der Waals surface area contributed by atoms with Crippen molar-refractivity contribution >= 4 is 17.8 Å². The predicted octanol–water partition coefficient (Wildman–Crippen LogP) is 1.39. The van der Waals surface area contributed by atoms with Gasteiger partial charge in [-0.2, -0.15) is 0 Å². The monoisotopic (exact) mass is 348 g/mol. The Labute approximate surface area is 147 Å². The molecule has 1 aliphatic rings. The van der Waals surface area contributed by atoms with Gasteiger partial charge in [0.2, 0.25) is 0 Å². The number of ether oxygens (including phenoxy) is 1. The Morgan fingerprint density at radius 2 is 2.08 bits per heavy atom. The first-order valence-corrected chi connectivity index (χ1v) is 8.41. The molecule has 0 saturated carbocycles. The minimum Gasteiger partial charge on any atom is -0.480 e. The second-order valence-electron chi connectivity index (χ2n) is 6.17. The summed E-state index contributed by atoms with van der Waals surface area (Å²) in [5.41, 5.74) is 0.656. The van der Waals surface area contributed by atoms with Crippen LogP contribution in [-0.4, -0.2) is 60.6 Å². The molecule has 2 N–H and O–H groups in total. The first-order chi connectivity index (χ1) is 11.9. The van der Waals surface area contributed by atoms with Gasteiger partial charge in [-0.05, 0) is 38.0 Å². The van der Waals surface area contributed by atoms with Crippen LogP contribution >= 0.6 is 0 Å². The quantitative estimate of drug-likeness (QED) is 0.810. The molecule has 1 aliphatic heterocycles. The van der Waals surface area contributed by atoms with E-state index < -0.39 is 17.9 Å². The lowest BCUT2D eigenvalue weighted by Crippen LogP contribution is -2.48. The number of carboxylic acid groups (broad SMARTS) is 1. The molecule has 2 unspecified atom stereocenters. The van der Waals surface area contributed by atoms with E-state index in [2.05, 4.69) is 5.32 Å². The van der Waals surface area contributed by atoms with Crippen LogP contribution < -0.4 is 5.32 Å². The van der Waals surface area contributed by atoms with Crippen molar-refractivity contribution in [2.45, 2.75) is 25.8 Å². The zero-order chi connectivity index (χ0) is 18.4. The molecular formula is C18H24N2O5. The summed E-state index contributed by atoms with van der Waals surface area (Å²) in [7, 11) is 1.68. The van der Waals surface area contributed by atoms with Gasteiger partial charge in [0.1, 0.15) is 6.04 Å². The summed E-state index contributed by atoms with van der Waals surface area (Å²) in [6, 6.07) is 5.29. The summed E-state index contributed by atoms with van der Waals surface area (Å²) in [4.78, 5) is 37.8. The number of amides is 2. The number of aliphatic carboxylic acids is 1. The molecule has 1 aromatic carbocycles. The lowest BCUT2D eigenvalue weighted by molar-refractivity contribution is -0.142. The van der Waals surface area contributed by atoms with E-state index in [4.69, 9.17) is 4.74 Å². The molecule has 0 aliphatic carbocycles. The molecule has 2 rings (SSSR count). The Morgan fingerprint density at radius 3 is 2.68 bits per heavy atom. The van der Waals surface area contributed by atoms with Gasteiger partial charge >= 0.3 is 5.97 Å². The molecule has 7 nitrogen and oxygen atoms in total. The van der Waals surface area contributed by atoms with Gasteiger partial charge in [0.05, 0.1) is 6.61 Å². The van der Waals surface area contributed by atoms with Crippen molar-refractivity contribution in [1.29, 1.82) is 0 Å². The van der Waals surface area contributed by atoms with Gasteiger partial charge in [0.25, 0.3) is 11.8 Å². The van der Waals surface area contributed by atoms with Gasteiger partial charge in [-0.3, -0.25) is 9.59 Å². The fourth-order valence-corrected chi connectivity index (χ4v) is 2.79. The van der Waals surface area contributed by atoms with Gasteiger partial charge in [0, 0.05) is 37.2 Å². The van der Waals surface area contributed by atoms with Crippen LogP contribution in [0.4, 0.5) is 0 Å². The van der Waals surface area contributed by atoms with E-state index in [1.165, 1.54) is 11.0 Å². The highest BCUT2D eigenvalue weighted by atomic mass is 16.5. The van der Waals surface area contributed by atoms with Crippen molar-refractivity contribution in [2.75, 3.05) is 26.8 Å². The summed E-state index contributed by atoms with van der Waals surface area (Å²) in [6.45, 7) is 3.35. The molecule has 1 fully saturated rings. The van der Waals surface area contributed by atoms with Crippen LogP contribution in [0.5, 0.6) is 0 Å². The van der Waals surface area contributed by atoms with Crippen molar-refractivity contribution in [3.05, 3.63) is 35.4 Å². The Bertz CT molecular complexity index is 640. The van der Waals surface area contributed by atoms with Crippen LogP contribution in [0, 0.1) is 5.92 Å². The molecular weight excluding hydrogens is 324 g/mol. The first kappa shape index (κ1) is 18.9. The Morgan fingerprint density at radius 1 is 1.36 bits per heavy atom. The number of carbonyl (C=O) groups is 3. The molecule has 1 aromatic rings. The minimum atomic E-state index is -1.08. The summed E-state index contributed by atoms with van der Waals surface area (Å²) in [5, 5.41) is 12.0. The Kier molecular flexibility index (Phi) is 6.52. The highest BCUT2D eigenvalue weighted by molar-refractivity contribution is 6.00. The van der Waals surface area contributed by atoms with Gasteiger partial charge in [0.15, 0.2) is 0 Å². The Hall–Kier alpha value is -2.41. The Balaban J connectivity index is 2.13. The molecule has 0 spiro atoms. The number of nitrogens with zero attached hydrogens (tertiary/aromatic N) is 1. The maximum atomic E-state index is 12.5. The van der Waals surface area contributed by atoms with Crippen LogP contribution in [0.15, 0.2) is 24.3 Å². The number of nitrogens with one attached hydrogen (secondary N) is 1. The van der Waals surface area contributed by atoms with Crippen molar-refractivity contribution in [2.24, 2.45) is 5.92 Å². The van der Waals surface area contributed by atoms with Crippen LogP contribution in [0.25, 0.3) is 0 Å².